The fourth-order valence-corrected chi connectivity index (χ4v) is 3.48. The van der Waals surface area contributed by atoms with Crippen molar-refractivity contribution >= 4 is 47.8 Å². The van der Waals surface area contributed by atoms with Crippen molar-refractivity contribution < 1.29 is 8.78 Å². The van der Waals surface area contributed by atoms with Crippen LogP contribution in [0.5, 0.6) is 0 Å². The number of hydrogen-bond donors (Lipinski definition) is 0. The maximum absolute atomic E-state index is 13.9. The smallest absolute Gasteiger partial charge is 0.137 e. The molecule has 0 aliphatic carbocycles. The lowest BCUT2D eigenvalue weighted by molar-refractivity contribution is 0.583. The zero-order valence-electron chi connectivity index (χ0n) is 9.85. The minimum absolute atomic E-state index is 0.126. The monoisotopic (exact) mass is 452 g/mol. The van der Waals surface area contributed by atoms with Crippen molar-refractivity contribution in [2.75, 3.05) is 0 Å². The Morgan fingerprint density at radius 3 is 2.26 bits per heavy atom. The van der Waals surface area contributed by atoms with Crippen LogP contribution in [-0.2, 0) is 0 Å². The van der Waals surface area contributed by atoms with Gasteiger partial charge in [0.05, 0.1) is 9.30 Å². The van der Waals surface area contributed by atoms with Gasteiger partial charge >= 0.3 is 0 Å². The standard InChI is InChI=1S/C14H9Br3F2/c1-7-4-8(15)2-3-9(7)14(17)10-5-13(19)11(16)6-12(10)18/h2-6,14H,1H3. The minimum atomic E-state index is -0.476. The van der Waals surface area contributed by atoms with Crippen molar-refractivity contribution in [1.82, 2.24) is 0 Å². The largest absolute Gasteiger partial charge is 0.207 e. The zero-order valence-corrected chi connectivity index (χ0v) is 14.6. The third kappa shape index (κ3) is 3.26. The van der Waals surface area contributed by atoms with E-state index in [0.29, 0.717) is 0 Å². The molecule has 2 aromatic rings. The van der Waals surface area contributed by atoms with Gasteiger partial charge in [-0.05, 0) is 58.2 Å². The molecule has 0 saturated carbocycles. The molecule has 5 heteroatoms. The van der Waals surface area contributed by atoms with E-state index in [1.54, 1.807) is 0 Å². The molecule has 1 unspecified atom stereocenters. The summed E-state index contributed by atoms with van der Waals surface area (Å²) in [6.07, 6.45) is 0. The summed E-state index contributed by atoms with van der Waals surface area (Å²) in [6.45, 7) is 1.93. The van der Waals surface area contributed by atoms with Crippen LogP contribution >= 0.6 is 47.8 Å². The van der Waals surface area contributed by atoms with Gasteiger partial charge in [0.25, 0.3) is 0 Å². The van der Waals surface area contributed by atoms with Gasteiger partial charge in [-0.15, -0.1) is 0 Å². The van der Waals surface area contributed by atoms with Crippen molar-refractivity contribution in [3.05, 3.63) is 67.6 Å². The predicted octanol–water partition coefficient (Wildman–Crippen LogP) is 6.28. The van der Waals surface area contributed by atoms with Gasteiger partial charge in [-0.2, -0.15) is 0 Å². The number of benzene rings is 2. The SMILES string of the molecule is Cc1cc(Br)ccc1C(Br)c1cc(F)c(Br)cc1F. The molecule has 0 aliphatic heterocycles. The lowest BCUT2D eigenvalue weighted by Crippen LogP contribution is -2.00. The molecule has 0 bridgehead atoms. The molecular formula is C14H9Br3F2. The van der Waals surface area contributed by atoms with Crippen LogP contribution in [0.15, 0.2) is 39.3 Å². The zero-order chi connectivity index (χ0) is 14.2. The topological polar surface area (TPSA) is 0 Å². The van der Waals surface area contributed by atoms with E-state index in [2.05, 4.69) is 47.8 Å². The second kappa shape index (κ2) is 6.02. The summed E-state index contributed by atoms with van der Waals surface area (Å²) in [5.41, 5.74) is 2.19. The summed E-state index contributed by atoms with van der Waals surface area (Å²) in [5, 5.41) is 0. The van der Waals surface area contributed by atoms with Crippen LogP contribution in [0.3, 0.4) is 0 Å². The van der Waals surface area contributed by atoms with Gasteiger partial charge in [0.2, 0.25) is 0 Å². The Hall–Kier alpha value is -0.260. The quantitative estimate of drug-likeness (QED) is 0.370. The Morgan fingerprint density at radius 1 is 0.947 bits per heavy atom. The van der Waals surface area contributed by atoms with Crippen molar-refractivity contribution in [3.8, 4) is 0 Å². The molecule has 1 atom stereocenters. The van der Waals surface area contributed by atoms with Crippen molar-refractivity contribution in [1.29, 1.82) is 0 Å². The van der Waals surface area contributed by atoms with Crippen LogP contribution in [0.2, 0.25) is 0 Å². The van der Waals surface area contributed by atoms with Gasteiger partial charge < -0.3 is 0 Å². The normalized spacial score (nSPS) is 12.5. The van der Waals surface area contributed by atoms with E-state index in [1.807, 2.05) is 25.1 Å². The van der Waals surface area contributed by atoms with Crippen LogP contribution in [-0.4, -0.2) is 0 Å². The third-order valence-corrected chi connectivity index (χ3v) is 4.91. The predicted molar refractivity (Wildman–Crippen MR) is 83.7 cm³/mol. The summed E-state index contributed by atoms with van der Waals surface area (Å²) in [7, 11) is 0. The number of hydrogen-bond acceptors (Lipinski definition) is 0. The van der Waals surface area contributed by atoms with Gasteiger partial charge in [0.1, 0.15) is 11.6 Å². The molecule has 0 aromatic heterocycles. The number of halogens is 5. The van der Waals surface area contributed by atoms with E-state index in [9.17, 15) is 8.78 Å². The molecular weight excluding hydrogens is 446 g/mol. The summed E-state index contributed by atoms with van der Waals surface area (Å²) < 4.78 is 28.6. The molecule has 0 aliphatic rings. The van der Waals surface area contributed by atoms with E-state index >= 15 is 0 Å². The fourth-order valence-electron chi connectivity index (χ4n) is 1.82. The van der Waals surface area contributed by atoms with Crippen LogP contribution in [0, 0.1) is 18.6 Å². The Balaban J connectivity index is 2.49. The third-order valence-electron chi connectivity index (χ3n) is 2.82. The Bertz CT molecular complexity index is 626. The summed E-state index contributed by atoms with van der Waals surface area (Å²) in [6, 6.07) is 8.06. The first-order valence-corrected chi connectivity index (χ1v) is 7.95. The van der Waals surface area contributed by atoms with Gasteiger partial charge in [0.15, 0.2) is 0 Å². The van der Waals surface area contributed by atoms with Gasteiger partial charge in [-0.3, -0.25) is 0 Å². The van der Waals surface area contributed by atoms with Crippen molar-refractivity contribution in [2.24, 2.45) is 0 Å². The lowest BCUT2D eigenvalue weighted by Gasteiger charge is -2.15. The molecule has 100 valence electrons. The molecule has 19 heavy (non-hydrogen) atoms. The fraction of sp³-hybridized carbons (Fsp3) is 0.143. The number of aryl methyl sites for hydroxylation is 1. The highest BCUT2D eigenvalue weighted by molar-refractivity contribution is 9.10. The molecule has 0 spiro atoms. The van der Waals surface area contributed by atoms with E-state index in [1.165, 1.54) is 6.07 Å². The second-order valence-corrected chi connectivity index (χ2v) is 6.84. The van der Waals surface area contributed by atoms with Gasteiger partial charge in [-0.25, -0.2) is 8.78 Å². The Morgan fingerprint density at radius 2 is 1.63 bits per heavy atom. The number of alkyl halides is 1. The molecule has 0 saturated heterocycles. The van der Waals surface area contributed by atoms with Crippen molar-refractivity contribution in [3.63, 3.8) is 0 Å². The summed E-state index contributed by atoms with van der Waals surface area (Å²) in [5.74, 6) is -0.923. The molecule has 0 fully saturated rings. The first-order chi connectivity index (χ1) is 8.90. The molecule has 2 aromatic carbocycles. The van der Waals surface area contributed by atoms with E-state index < -0.39 is 11.6 Å². The van der Waals surface area contributed by atoms with E-state index in [4.69, 9.17) is 0 Å². The van der Waals surface area contributed by atoms with Crippen molar-refractivity contribution in [2.45, 2.75) is 11.8 Å². The minimum Gasteiger partial charge on any atom is -0.207 e. The molecule has 2 rings (SSSR count). The molecule has 0 N–H and O–H groups in total. The Labute approximate surface area is 135 Å². The lowest BCUT2D eigenvalue weighted by atomic mass is 10.00. The highest BCUT2D eigenvalue weighted by Crippen LogP contribution is 2.36. The Kier molecular flexibility index (Phi) is 4.79. The first kappa shape index (κ1) is 15.1. The average Bonchev–Trinajstić information content (AvgIpc) is 2.33. The molecule has 0 nitrogen and oxygen atoms in total. The summed E-state index contributed by atoms with van der Waals surface area (Å²) in [4.78, 5) is -0.386. The van der Waals surface area contributed by atoms with Crippen LogP contribution in [0.1, 0.15) is 21.5 Å². The molecule has 0 amide bonds. The van der Waals surface area contributed by atoms with Gasteiger partial charge in [0, 0.05) is 10.0 Å². The maximum Gasteiger partial charge on any atom is 0.137 e. The van der Waals surface area contributed by atoms with Crippen LogP contribution < -0.4 is 0 Å². The summed E-state index contributed by atoms with van der Waals surface area (Å²) >= 11 is 9.80. The van der Waals surface area contributed by atoms with Crippen LogP contribution in [0.4, 0.5) is 8.78 Å². The first-order valence-electron chi connectivity index (χ1n) is 5.44. The van der Waals surface area contributed by atoms with E-state index in [0.717, 1.165) is 21.7 Å². The maximum atomic E-state index is 13.9. The van der Waals surface area contributed by atoms with Crippen LogP contribution in [0.25, 0.3) is 0 Å². The van der Waals surface area contributed by atoms with E-state index in [-0.39, 0.29) is 14.9 Å². The number of rotatable bonds is 2. The second-order valence-electron chi connectivity index (χ2n) is 4.15. The molecule has 0 radical (unpaired) electrons. The average molecular weight is 455 g/mol. The highest BCUT2D eigenvalue weighted by atomic mass is 79.9. The van der Waals surface area contributed by atoms with Gasteiger partial charge in [-0.1, -0.05) is 37.9 Å². The highest BCUT2D eigenvalue weighted by Gasteiger charge is 2.19. The molecule has 0 heterocycles.